The van der Waals surface area contributed by atoms with Gasteiger partial charge in [0, 0.05) is 25.8 Å². The van der Waals surface area contributed by atoms with Gasteiger partial charge in [0.1, 0.15) is 5.75 Å². The largest absolute Gasteiger partial charge is 0.497 e. The van der Waals surface area contributed by atoms with Crippen LogP contribution in [0.2, 0.25) is 0 Å². The molecule has 3 rings (SSSR count). The first-order chi connectivity index (χ1) is 12.1. The molecule has 1 unspecified atom stereocenters. The quantitative estimate of drug-likeness (QED) is 0.905. The van der Waals surface area contributed by atoms with E-state index in [0.29, 0.717) is 30.3 Å². The van der Waals surface area contributed by atoms with Gasteiger partial charge in [-0.2, -0.15) is 5.10 Å². The molecule has 1 atom stereocenters. The predicted molar refractivity (Wildman–Crippen MR) is 94.4 cm³/mol. The van der Waals surface area contributed by atoms with Crippen molar-refractivity contribution in [1.82, 2.24) is 14.7 Å². The molecular weight excluding hydrogens is 318 g/mol. The molecule has 0 aliphatic carbocycles. The van der Waals surface area contributed by atoms with E-state index in [4.69, 9.17) is 4.74 Å². The van der Waals surface area contributed by atoms with E-state index in [1.54, 1.807) is 36.3 Å². The second-order valence-electron chi connectivity index (χ2n) is 6.41. The monoisotopic (exact) mass is 343 g/mol. The van der Waals surface area contributed by atoms with Gasteiger partial charge in [0.05, 0.1) is 13.3 Å². The molecule has 1 amide bonds. The molecule has 2 heterocycles. The highest BCUT2D eigenvalue weighted by molar-refractivity contribution is 5.82. The Morgan fingerprint density at radius 3 is 2.80 bits per heavy atom. The number of methoxy groups -OCH3 is 1. The van der Waals surface area contributed by atoms with Crippen molar-refractivity contribution < 1.29 is 14.6 Å². The summed E-state index contributed by atoms with van der Waals surface area (Å²) in [5.41, 5.74) is 1.80. The smallest absolute Gasteiger partial charge is 0.256 e. The molecule has 0 radical (unpaired) electrons. The predicted octanol–water partition coefficient (Wildman–Crippen LogP) is 2.35. The normalized spacial score (nSPS) is 16.7. The van der Waals surface area contributed by atoms with Crippen LogP contribution in [0.1, 0.15) is 42.9 Å². The Labute approximate surface area is 148 Å². The molecule has 1 aliphatic rings. The zero-order valence-electron chi connectivity index (χ0n) is 14.8. The Kier molecular flexibility index (Phi) is 5.38. The van der Waals surface area contributed by atoms with Crippen molar-refractivity contribution in [2.75, 3.05) is 20.2 Å². The maximum absolute atomic E-state index is 12.6. The van der Waals surface area contributed by atoms with E-state index in [1.807, 2.05) is 10.9 Å². The summed E-state index contributed by atoms with van der Waals surface area (Å²) < 4.78 is 7.09. The Balaban J connectivity index is 1.60. The zero-order valence-corrected chi connectivity index (χ0v) is 14.8. The summed E-state index contributed by atoms with van der Waals surface area (Å²) in [5.74, 6) is 0.824. The fourth-order valence-corrected chi connectivity index (χ4v) is 3.32. The minimum atomic E-state index is -1.14. The first-order valence-electron chi connectivity index (χ1n) is 8.75. The van der Waals surface area contributed by atoms with Gasteiger partial charge in [0.2, 0.25) is 0 Å². The molecule has 134 valence electrons. The van der Waals surface area contributed by atoms with Crippen LogP contribution in [0.3, 0.4) is 0 Å². The molecule has 6 heteroatoms. The Morgan fingerprint density at radius 1 is 1.40 bits per heavy atom. The molecule has 2 aromatic rings. The standard InChI is InChI=1S/C19H25N3O3/c1-3-22-13-16(12-20-22)14-7-9-21(10-8-14)19(24)18(23)15-5-4-6-17(11-15)25-2/h4-6,11-14,18,23H,3,7-10H2,1-2H3. The molecule has 6 nitrogen and oxygen atoms in total. The second-order valence-corrected chi connectivity index (χ2v) is 6.41. The molecule has 1 aromatic carbocycles. The number of piperidine rings is 1. The summed E-state index contributed by atoms with van der Waals surface area (Å²) in [6.07, 6.45) is 4.66. The first kappa shape index (κ1) is 17.5. The lowest BCUT2D eigenvalue weighted by atomic mass is 9.91. The third-order valence-corrected chi connectivity index (χ3v) is 4.90. The van der Waals surface area contributed by atoms with E-state index in [0.717, 1.165) is 19.4 Å². The van der Waals surface area contributed by atoms with Crippen LogP contribution in [-0.4, -0.2) is 45.9 Å². The van der Waals surface area contributed by atoms with E-state index in [1.165, 1.54) is 5.56 Å². The van der Waals surface area contributed by atoms with Crippen molar-refractivity contribution >= 4 is 5.91 Å². The summed E-state index contributed by atoms with van der Waals surface area (Å²) in [6, 6.07) is 7.02. The number of hydrogen-bond acceptors (Lipinski definition) is 4. The van der Waals surface area contributed by atoms with Gasteiger partial charge in [0.15, 0.2) is 6.10 Å². The van der Waals surface area contributed by atoms with Gasteiger partial charge in [0.25, 0.3) is 5.91 Å². The minimum Gasteiger partial charge on any atom is -0.497 e. The number of carbonyl (C=O) groups is 1. The van der Waals surface area contributed by atoms with E-state index in [-0.39, 0.29) is 5.91 Å². The average molecular weight is 343 g/mol. The van der Waals surface area contributed by atoms with E-state index in [9.17, 15) is 9.90 Å². The number of aliphatic hydroxyl groups excluding tert-OH is 1. The number of hydrogen-bond donors (Lipinski definition) is 1. The van der Waals surface area contributed by atoms with Gasteiger partial charge in [-0.3, -0.25) is 9.48 Å². The molecular formula is C19H25N3O3. The van der Waals surface area contributed by atoms with Gasteiger partial charge >= 0.3 is 0 Å². The van der Waals surface area contributed by atoms with Crippen LogP contribution in [0.25, 0.3) is 0 Å². The highest BCUT2D eigenvalue weighted by Gasteiger charge is 2.29. The average Bonchev–Trinajstić information content (AvgIpc) is 3.16. The van der Waals surface area contributed by atoms with Gasteiger partial charge in [-0.05, 0) is 48.9 Å². The summed E-state index contributed by atoms with van der Waals surface area (Å²) in [7, 11) is 1.57. The number of aromatic nitrogens is 2. The van der Waals surface area contributed by atoms with Crippen LogP contribution in [0.4, 0.5) is 0 Å². The lowest BCUT2D eigenvalue weighted by Gasteiger charge is -2.33. The molecule has 1 fully saturated rings. The third kappa shape index (κ3) is 3.85. The van der Waals surface area contributed by atoms with Crippen molar-refractivity contribution in [3.63, 3.8) is 0 Å². The number of ether oxygens (including phenoxy) is 1. The number of nitrogens with zero attached hydrogens (tertiary/aromatic N) is 3. The number of carbonyl (C=O) groups excluding carboxylic acids is 1. The fraction of sp³-hybridized carbons (Fsp3) is 0.474. The Bertz CT molecular complexity index is 720. The summed E-state index contributed by atoms with van der Waals surface area (Å²) >= 11 is 0. The summed E-state index contributed by atoms with van der Waals surface area (Å²) in [4.78, 5) is 14.4. The number of aliphatic hydroxyl groups is 1. The Hall–Kier alpha value is -2.34. The lowest BCUT2D eigenvalue weighted by Crippen LogP contribution is -2.40. The van der Waals surface area contributed by atoms with Crippen molar-refractivity contribution in [2.45, 2.75) is 38.3 Å². The fourth-order valence-electron chi connectivity index (χ4n) is 3.32. The van der Waals surface area contributed by atoms with E-state index in [2.05, 4.69) is 18.2 Å². The molecule has 25 heavy (non-hydrogen) atoms. The minimum absolute atomic E-state index is 0.240. The zero-order chi connectivity index (χ0) is 17.8. The van der Waals surface area contributed by atoms with Crippen molar-refractivity contribution in [3.8, 4) is 5.75 Å². The second kappa shape index (κ2) is 7.70. The van der Waals surface area contributed by atoms with E-state index >= 15 is 0 Å². The van der Waals surface area contributed by atoms with Crippen LogP contribution >= 0.6 is 0 Å². The van der Waals surface area contributed by atoms with Crippen LogP contribution < -0.4 is 4.74 Å². The van der Waals surface area contributed by atoms with Gasteiger partial charge in [-0.25, -0.2) is 0 Å². The van der Waals surface area contributed by atoms with Gasteiger partial charge in [-0.15, -0.1) is 0 Å². The highest BCUT2D eigenvalue weighted by atomic mass is 16.5. The lowest BCUT2D eigenvalue weighted by molar-refractivity contribution is -0.141. The van der Waals surface area contributed by atoms with E-state index < -0.39 is 6.10 Å². The van der Waals surface area contributed by atoms with Crippen molar-refractivity contribution in [1.29, 1.82) is 0 Å². The highest BCUT2D eigenvalue weighted by Crippen LogP contribution is 2.29. The molecule has 1 aromatic heterocycles. The number of amides is 1. The van der Waals surface area contributed by atoms with Gasteiger partial charge < -0.3 is 14.7 Å². The summed E-state index contributed by atoms with van der Waals surface area (Å²) in [5, 5.41) is 14.8. The molecule has 0 bridgehead atoms. The van der Waals surface area contributed by atoms with Crippen LogP contribution in [0, 0.1) is 0 Å². The maximum atomic E-state index is 12.6. The summed E-state index contributed by atoms with van der Waals surface area (Å²) in [6.45, 7) is 4.24. The van der Waals surface area contributed by atoms with Crippen LogP contribution in [-0.2, 0) is 11.3 Å². The molecule has 1 N–H and O–H groups in total. The molecule has 0 saturated carbocycles. The Morgan fingerprint density at radius 2 is 2.16 bits per heavy atom. The van der Waals surface area contributed by atoms with Crippen LogP contribution in [0.15, 0.2) is 36.7 Å². The number of benzene rings is 1. The molecule has 1 aliphatic heterocycles. The SMILES string of the molecule is CCn1cc(C2CCN(C(=O)C(O)c3cccc(OC)c3)CC2)cn1. The van der Waals surface area contributed by atoms with Crippen molar-refractivity contribution in [2.24, 2.45) is 0 Å². The number of likely N-dealkylation sites (tertiary alicyclic amines) is 1. The van der Waals surface area contributed by atoms with Gasteiger partial charge in [-0.1, -0.05) is 12.1 Å². The number of rotatable bonds is 5. The molecule has 1 saturated heterocycles. The third-order valence-electron chi connectivity index (χ3n) is 4.90. The van der Waals surface area contributed by atoms with Crippen molar-refractivity contribution in [3.05, 3.63) is 47.8 Å². The molecule has 0 spiro atoms. The van der Waals surface area contributed by atoms with Crippen LogP contribution in [0.5, 0.6) is 5.75 Å². The maximum Gasteiger partial charge on any atom is 0.256 e. The topological polar surface area (TPSA) is 67.6 Å². The number of aryl methyl sites for hydroxylation is 1. The first-order valence-corrected chi connectivity index (χ1v) is 8.75.